The van der Waals surface area contributed by atoms with Gasteiger partial charge in [0, 0.05) is 29.5 Å². The first-order valence-electron chi connectivity index (χ1n) is 6.77. The third-order valence-electron chi connectivity index (χ3n) is 3.49. The molecule has 1 aromatic rings. The van der Waals surface area contributed by atoms with Gasteiger partial charge in [-0.25, -0.2) is 8.42 Å². The maximum atomic E-state index is 12.2. The van der Waals surface area contributed by atoms with Gasteiger partial charge in [0.1, 0.15) is 10.6 Å². The Hall–Kier alpha value is -1.01. The Kier molecular flexibility index (Phi) is 4.44. The first-order chi connectivity index (χ1) is 9.31. The monoisotopic (exact) mass is 318 g/mol. The number of halogens is 1. The Bertz CT molecular complexity index is 605. The largest absolute Gasteiger partial charge is 0.348 e. The van der Waals surface area contributed by atoms with Crippen molar-refractivity contribution in [2.24, 2.45) is 5.92 Å². The Morgan fingerprint density at radius 3 is 2.70 bits per heavy atom. The van der Waals surface area contributed by atoms with Crippen molar-refractivity contribution in [3.05, 3.63) is 18.0 Å². The fraction of sp³-hybridized carbons (Fsp3) is 0.615. The van der Waals surface area contributed by atoms with Crippen LogP contribution in [0.1, 0.15) is 43.6 Å². The van der Waals surface area contributed by atoms with Gasteiger partial charge in [0.05, 0.1) is 0 Å². The van der Waals surface area contributed by atoms with Crippen LogP contribution in [-0.4, -0.2) is 24.9 Å². The fourth-order valence-corrected chi connectivity index (χ4v) is 3.04. The quantitative estimate of drug-likeness (QED) is 0.819. The molecular weight excluding hydrogens is 300 g/mol. The highest BCUT2D eigenvalue weighted by molar-refractivity contribution is 8.13. The lowest BCUT2D eigenvalue weighted by molar-refractivity contribution is 0.0928. The molecule has 5 nitrogen and oxygen atoms in total. The number of carbonyl (C=O) groups excluding carboxylic acids is 1. The van der Waals surface area contributed by atoms with Crippen LogP contribution in [0.5, 0.6) is 0 Å². The number of aromatic nitrogens is 1. The van der Waals surface area contributed by atoms with Crippen LogP contribution in [0, 0.1) is 5.92 Å². The summed E-state index contributed by atoms with van der Waals surface area (Å²) < 4.78 is 24.3. The second-order valence-electron chi connectivity index (χ2n) is 5.34. The van der Waals surface area contributed by atoms with Crippen molar-refractivity contribution in [3.63, 3.8) is 0 Å². The zero-order valence-corrected chi connectivity index (χ0v) is 13.2. The SMILES string of the molecule is CCn1cc(S(=O)(=O)Cl)cc1C(=O)NC(C)CC1CC1. The van der Waals surface area contributed by atoms with Crippen LogP contribution in [-0.2, 0) is 15.6 Å². The van der Waals surface area contributed by atoms with Gasteiger partial charge in [-0.2, -0.15) is 0 Å². The Labute approximate surface area is 123 Å². The molecule has 2 rings (SSSR count). The smallest absolute Gasteiger partial charge is 0.268 e. The lowest BCUT2D eigenvalue weighted by Crippen LogP contribution is -2.34. The van der Waals surface area contributed by atoms with E-state index >= 15 is 0 Å². The van der Waals surface area contributed by atoms with Crippen LogP contribution in [0.25, 0.3) is 0 Å². The number of carbonyl (C=O) groups is 1. The van der Waals surface area contributed by atoms with E-state index in [0.717, 1.165) is 12.3 Å². The molecule has 1 aliphatic rings. The second-order valence-corrected chi connectivity index (χ2v) is 7.90. The molecule has 112 valence electrons. The van der Waals surface area contributed by atoms with E-state index < -0.39 is 9.05 Å². The topological polar surface area (TPSA) is 68.2 Å². The molecule has 0 aromatic carbocycles. The van der Waals surface area contributed by atoms with Crippen molar-refractivity contribution in [1.29, 1.82) is 0 Å². The molecule has 1 heterocycles. The summed E-state index contributed by atoms with van der Waals surface area (Å²) in [5, 5.41) is 2.91. The Balaban J connectivity index is 2.13. The minimum Gasteiger partial charge on any atom is -0.348 e. The molecule has 0 saturated heterocycles. The molecular formula is C13H19ClN2O3S. The molecule has 1 unspecified atom stereocenters. The zero-order valence-electron chi connectivity index (χ0n) is 11.6. The summed E-state index contributed by atoms with van der Waals surface area (Å²) in [6, 6.07) is 1.41. The average Bonchev–Trinajstić information content (AvgIpc) is 3.02. The predicted octanol–water partition coefficient (Wildman–Crippen LogP) is 2.35. The van der Waals surface area contributed by atoms with Gasteiger partial charge in [-0.3, -0.25) is 4.79 Å². The van der Waals surface area contributed by atoms with Gasteiger partial charge in [0.2, 0.25) is 0 Å². The number of hydrogen-bond acceptors (Lipinski definition) is 3. The third-order valence-corrected chi connectivity index (χ3v) is 4.81. The number of nitrogens with zero attached hydrogens (tertiary/aromatic N) is 1. The van der Waals surface area contributed by atoms with Crippen molar-refractivity contribution in [1.82, 2.24) is 9.88 Å². The van der Waals surface area contributed by atoms with Gasteiger partial charge in [0.25, 0.3) is 15.0 Å². The van der Waals surface area contributed by atoms with E-state index in [9.17, 15) is 13.2 Å². The number of aryl methyl sites for hydroxylation is 1. The summed E-state index contributed by atoms with van der Waals surface area (Å²) >= 11 is 0. The van der Waals surface area contributed by atoms with Crippen LogP contribution in [0.15, 0.2) is 17.2 Å². The summed E-state index contributed by atoms with van der Waals surface area (Å²) in [7, 11) is 1.50. The molecule has 0 radical (unpaired) electrons. The van der Waals surface area contributed by atoms with Crippen LogP contribution < -0.4 is 5.32 Å². The molecule has 1 saturated carbocycles. The normalized spacial score (nSPS) is 16.9. The number of hydrogen-bond donors (Lipinski definition) is 1. The average molecular weight is 319 g/mol. The molecule has 1 atom stereocenters. The first-order valence-corrected chi connectivity index (χ1v) is 9.08. The van der Waals surface area contributed by atoms with Gasteiger partial charge in [-0.05, 0) is 32.3 Å². The van der Waals surface area contributed by atoms with E-state index in [-0.39, 0.29) is 16.8 Å². The predicted molar refractivity (Wildman–Crippen MR) is 77.4 cm³/mol. The minimum absolute atomic E-state index is 0.0407. The Morgan fingerprint density at radius 2 is 2.20 bits per heavy atom. The van der Waals surface area contributed by atoms with E-state index in [1.165, 1.54) is 25.1 Å². The molecule has 0 bridgehead atoms. The summed E-state index contributed by atoms with van der Waals surface area (Å²) in [5.41, 5.74) is 0.328. The van der Waals surface area contributed by atoms with E-state index in [2.05, 4.69) is 5.32 Å². The second kappa shape index (κ2) is 5.77. The standard InChI is InChI=1S/C13H19ClN2O3S/c1-3-16-8-11(20(14,18)19)7-12(16)13(17)15-9(2)6-10-4-5-10/h7-10H,3-6H2,1-2H3,(H,15,17). The van der Waals surface area contributed by atoms with Crippen LogP contribution >= 0.6 is 10.7 Å². The zero-order chi connectivity index (χ0) is 14.9. The maximum absolute atomic E-state index is 12.2. The van der Waals surface area contributed by atoms with Crippen molar-refractivity contribution in [3.8, 4) is 0 Å². The Morgan fingerprint density at radius 1 is 1.55 bits per heavy atom. The lowest BCUT2D eigenvalue weighted by Gasteiger charge is -2.14. The van der Waals surface area contributed by atoms with Crippen LogP contribution in [0.4, 0.5) is 0 Å². The van der Waals surface area contributed by atoms with Gasteiger partial charge in [0.15, 0.2) is 0 Å². The van der Waals surface area contributed by atoms with E-state index in [0.29, 0.717) is 12.2 Å². The van der Waals surface area contributed by atoms with Crippen molar-refractivity contribution in [2.75, 3.05) is 0 Å². The molecule has 1 aliphatic carbocycles. The molecule has 7 heteroatoms. The van der Waals surface area contributed by atoms with E-state index in [4.69, 9.17) is 10.7 Å². The maximum Gasteiger partial charge on any atom is 0.268 e. The van der Waals surface area contributed by atoms with Gasteiger partial charge < -0.3 is 9.88 Å². The van der Waals surface area contributed by atoms with Gasteiger partial charge in [-0.15, -0.1) is 0 Å². The highest BCUT2D eigenvalue weighted by Gasteiger charge is 2.25. The van der Waals surface area contributed by atoms with Crippen LogP contribution in [0.3, 0.4) is 0 Å². The highest BCUT2D eigenvalue weighted by Crippen LogP contribution is 2.33. The van der Waals surface area contributed by atoms with Crippen LogP contribution in [0.2, 0.25) is 0 Å². The fourth-order valence-electron chi connectivity index (χ4n) is 2.28. The first kappa shape index (κ1) is 15.4. The molecule has 0 spiro atoms. The highest BCUT2D eigenvalue weighted by atomic mass is 35.7. The summed E-state index contributed by atoms with van der Waals surface area (Å²) in [6.07, 6.45) is 4.84. The number of amides is 1. The molecule has 20 heavy (non-hydrogen) atoms. The molecule has 1 aromatic heterocycles. The van der Waals surface area contributed by atoms with Crippen molar-refractivity contribution in [2.45, 2.75) is 50.6 Å². The summed E-state index contributed by atoms with van der Waals surface area (Å²) in [4.78, 5) is 12.2. The van der Waals surface area contributed by atoms with E-state index in [1.807, 2.05) is 13.8 Å². The molecule has 1 amide bonds. The van der Waals surface area contributed by atoms with Gasteiger partial charge >= 0.3 is 0 Å². The van der Waals surface area contributed by atoms with Crippen molar-refractivity contribution >= 4 is 25.6 Å². The molecule has 1 N–H and O–H groups in total. The summed E-state index contributed by atoms with van der Waals surface area (Å²) in [6.45, 7) is 4.32. The lowest BCUT2D eigenvalue weighted by atomic mass is 10.1. The third kappa shape index (κ3) is 3.76. The number of nitrogens with one attached hydrogen (secondary N) is 1. The molecule has 1 fully saturated rings. The van der Waals surface area contributed by atoms with Gasteiger partial charge in [-0.1, -0.05) is 12.8 Å². The summed E-state index contributed by atoms with van der Waals surface area (Å²) in [5.74, 6) is 0.466. The number of rotatable bonds is 6. The molecule has 0 aliphatic heterocycles. The van der Waals surface area contributed by atoms with E-state index in [1.54, 1.807) is 4.57 Å². The van der Waals surface area contributed by atoms with Crippen molar-refractivity contribution < 1.29 is 13.2 Å². The minimum atomic E-state index is -3.81.